The van der Waals surface area contributed by atoms with Crippen molar-refractivity contribution in [2.45, 2.75) is 26.7 Å². The number of guanidine groups is 1. The summed E-state index contributed by atoms with van der Waals surface area (Å²) in [7, 11) is 5.44. The second-order valence-electron chi connectivity index (χ2n) is 6.37. The standard InChI is InChI=1S/C20H31N5O2.HI/c1-15-19(16(2)25(4)24-15)10-11-22-20(21-3)23-17-8-6-9-18(14-17)27-13-7-12-26-5;/h6,8-9,14H,7,10-13H2,1-5H3,(H2,21,22,23);1H. The molecule has 0 radical (unpaired) electrons. The Balaban J connectivity index is 0.00000392. The Bertz CT molecular complexity index is 761. The van der Waals surface area contributed by atoms with Crippen molar-refractivity contribution in [3.63, 3.8) is 0 Å². The number of anilines is 1. The zero-order chi connectivity index (χ0) is 19.6. The number of benzene rings is 1. The van der Waals surface area contributed by atoms with E-state index in [4.69, 9.17) is 9.47 Å². The number of aliphatic imine (C=N–C) groups is 1. The predicted molar refractivity (Wildman–Crippen MR) is 125 cm³/mol. The molecule has 0 aliphatic carbocycles. The number of rotatable bonds is 9. The fraction of sp³-hybridized carbons (Fsp3) is 0.500. The van der Waals surface area contributed by atoms with E-state index >= 15 is 0 Å². The van der Waals surface area contributed by atoms with Crippen LogP contribution >= 0.6 is 24.0 Å². The summed E-state index contributed by atoms with van der Waals surface area (Å²) >= 11 is 0. The molecule has 156 valence electrons. The number of nitrogens with zero attached hydrogens (tertiary/aromatic N) is 3. The van der Waals surface area contributed by atoms with E-state index in [9.17, 15) is 0 Å². The highest BCUT2D eigenvalue weighted by Gasteiger charge is 2.09. The molecule has 8 heteroatoms. The van der Waals surface area contributed by atoms with Crippen molar-refractivity contribution in [2.24, 2.45) is 12.0 Å². The van der Waals surface area contributed by atoms with E-state index in [1.54, 1.807) is 14.2 Å². The maximum atomic E-state index is 5.74. The quantitative estimate of drug-likeness (QED) is 0.239. The van der Waals surface area contributed by atoms with Gasteiger partial charge in [-0.05, 0) is 38.0 Å². The molecule has 28 heavy (non-hydrogen) atoms. The lowest BCUT2D eigenvalue weighted by molar-refractivity contribution is 0.172. The average Bonchev–Trinajstić information content (AvgIpc) is 2.90. The minimum Gasteiger partial charge on any atom is -0.493 e. The van der Waals surface area contributed by atoms with Crippen LogP contribution in [-0.4, -0.2) is 49.7 Å². The second kappa shape index (κ2) is 12.6. The first-order valence-corrected chi connectivity index (χ1v) is 9.23. The summed E-state index contributed by atoms with van der Waals surface area (Å²) in [6.45, 7) is 6.26. The normalized spacial score (nSPS) is 11.1. The minimum atomic E-state index is 0. The Morgan fingerprint density at radius 3 is 2.68 bits per heavy atom. The maximum Gasteiger partial charge on any atom is 0.195 e. The molecule has 0 bridgehead atoms. The molecule has 0 aliphatic heterocycles. The van der Waals surface area contributed by atoms with Gasteiger partial charge in [0.05, 0.1) is 12.3 Å². The second-order valence-corrected chi connectivity index (χ2v) is 6.37. The van der Waals surface area contributed by atoms with Crippen LogP contribution in [0.15, 0.2) is 29.3 Å². The van der Waals surface area contributed by atoms with Gasteiger partial charge >= 0.3 is 0 Å². The highest BCUT2D eigenvalue weighted by atomic mass is 127. The van der Waals surface area contributed by atoms with Crippen LogP contribution in [0.25, 0.3) is 0 Å². The van der Waals surface area contributed by atoms with E-state index < -0.39 is 0 Å². The van der Waals surface area contributed by atoms with Crippen molar-refractivity contribution in [3.8, 4) is 5.75 Å². The maximum absolute atomic E-state index is 5.74. The largest absolute Gasteiger partial charge is 0.493 e. The van der Waals surface area contributed by atoms with Gasteiger partial charge < -0.3 is 20.1 Å². The molecule has 0 amide bonds. The molecule has 0 atom stereocenters. The summed E-state index contributed by atoms with van der Waals surface area (Å²) in [5.41, 5.74) is 4.50. The van der Waals surface area contributed by atoms with Crippen LogP contribution in [0.5, 0.6) is 5.75 Å². The Morgan fingerprint density at radius 1 is 1.25 bits per heavy atom. The predicted octanol–water partition coefficient (Wildman–Crippen LogP) is 3.30. The lowest BCUT2D eigenvalue weighted by Crippen LogP contribution is -2.32. The van der Waals surface area contributed by atoms with Crippen LogP contribution in [0, 0.1) is 13.8 Å². The van der Waals surface area contributed by atoms with Crippen LogP contribution in [0.4, 0.5) is 5.69 Å². The van der Waals surface area contributed by atoms with E-state index in [2.05, 4.69) is 27.6 Å². The van der Waals surface area contributed by atoms with Crippen LogP contribution < -0.4 is 15.4 Å². The third-order valence-electron chi connectivity index (χ3n) is 4.41. The number of methoxy groups -OCH3 is 1. The first-order chi connectivity index (χ1) is 13.0. The number of hydrogen-bond acceptors (Lipinski definition) is 4. The zero-order valence-corrected chi connectivity index (χ0v) is 19.7. The summed E-state index contributed by atoms with van der Waals surface area (Å²) in [6, 6.07) is 7.87. The molecule has 0 saturated heterocycles. The lowest BCUT2D eigenvalue weighted by atomic mass is 10.1. The Labute approximate surface area is 184 Å². The molecule has 1 aromatic carbocycles. The monoisotopic (exact) mass is 501 g/mol. The zero-order valence-electron chi connectivity index (χ0n) is 17.4. The van der Waals surface area contributed by atoms with Crippen molar-refractivity contribution in [3.05, 3.63) is 41.2 Å². The van der Waals surface area contributed by atoms with E-state index in [-0.39, 0.29) is 24.0 Å². The fourth-order valence-corrected chi connectivity index (χ4v) is 2.86. The Hall–Kier alpha value is -1.81. The third-order valence-corrected chi connectivity index (χ3v) is 4.41. The molecule has 0 unspecified atom stereocenters. The molecule has 2 rings (SSSR count). The highest BCUT2D eigenvalue weighted by Crippen LogP contribution is 2.17. The first kappa shape index (κ1) is 24.2. The van der Waals surface area contributed by atoms with Crippen molar-refractivity contribution in [1.29, 1.82) is 0 Å². The number of aryl methyl sites for hydroxylation is 2. The summed E-state index contributed by atoms with van der Waals surface area (Å²) in [4.78, 5) is 4.30. The average molecular weight is 501 g/mol. The van der Waals surface area contributed by atoms with E-state index in [1.165, 1.54) is 11.3 Å². The molecule has 2 N–H and O–H groups in total. The van der Waals surface area contributed by atoms with Gasteiger partial charge in [-0.3, -0.25) is 9.67 Å². The third kappa shape index (κ3) is 7.31. The van der Waals surface area contributed by atoms with Crippen molar-refractivity contribution >= 4 is 35.6 Å². The molecule has 7 nitrogen and oxygen atoms in total. The van der Waals surface area contributed by atoms with Gasteiger partial charge in [0, 0.05) is 58.2 Å². The van der Waals surface area contributed by atoms with Crippen molar-refractivity contribution in [1.82, 2.24) is 15.1 Å². The summed E-state index contributed by atoms with van der Waals surface area (Å²) < 4.78 is 12.7. The molecule has 2 aromatic rings. The number of halogens is 1. The molecular weight excluding hydrogens is 469 g/mol. The molecule has 0 aliphatic rings. The lowest BCUT2D eigenvalue weighted by Gasteiger charge is -2.13. The Morgan fingerprint density at radius 2 is 2.04 bits per heavy atom. The number of aromatic nitrogens is 2. The topological polar surface area (TPSA) is 72.7 Å². The van der Waals surface area contributed by atoms with E-state index in [0.29, 0.717) is 13.2 Å². The van der Waals surface area contributed by atoms with Gasteiger partial charge in [-0.2, -0.15) is 5.10 Å². The molecular formula is C20H32IN5O2. The van der Waals surface area contributed by atoms with Crippen molar-refractivity contribution < 1.29 is 9.47 Å². The van der Waals surface area contributed by atoms with E-state index in [1.807, 2.05) is 42.9 Å². The molecule has 1 heterocycles. The Kier molecular flexibility index (Phi) is 10.9. The van der Waals surface area contributed by atoms with Gasteiger partial charge in [-0.15, -0.1) is 24.0 Å². The molecule has 0 spiro atoms. The van der Waals surface area contributed by atoms with Gasteiger partial charge in [-0.1, -0.05) is 6.07 Å². The first-order valence-electron chi connectivity index (χ1n) is 9.23. The summed E-state index contributed by atoms with van der Waals surface area (Å²) in [6.07, 6.45) is 1.76. The van der Waals surface area contributed by atoms with Crippen LogP contribution in [0.3, 0.4) is 0 Å². The summed E-state index contributed by atoms with van der Waals surface area (Å²) in [5, 5.41) is 11.1. The van der Waals surface area contributed by atoms with E-state index in [0.717, 1.165) is 42.5 Å². The number of ether oxygens (including phenoxy) is 2. The SMILES string of the molecule is CN=C(NCCc1c(C)nn(C)c1C)Nc1cccc(OCCCOC)c1.I. The van der Waals surface area contributed by atoms with Gasteiger partial charge in [0.25, 0.3) is 0 Å². The molecule has 0 fully saturated rings. The smallest absolute Gasteiger partial charge is 0.195 e. The van der Waals surface area contributed by atoms with Crippen molar-refractivity contribution in [2.75, 3.05) is 39.2 Å². The van der Waals surface area contributed by atoms with Gasteiger partial charge in [0.1, 0.15) is 5.75 Å². The van der Waals surface area contributed by atoms with Crippen LogP contribution in [0.2, 0.25) is 0 Å². The fourth-order valence-electron chi connectivity index (χ4n) is 2.86. The summed E-state index contributed by atoms with van der Waals surface area (Å²) in [5.74, 6) is 1.55. The van der Waals surface area contributed by atoms with Crippen LogP contribution in [0.1, 0.15) is 23.4 Å². The van der Waals surface area contributed by atoms with Gasteiger partial charge in [-0.25, -0.2) is 0 Å². The highest BCUT2D eigenvalue weighted by molar-refractivity contribution is 14.0. The van der Waals surface area contributed by atoms with Gasteiger partial charge in [0.15, 0.2) is 5.96 Å². The van der Waals surface area contributed by atoms with Gasteiger partial charge in [0.2, 0.25) is 0 Å². The minimum absolute atomic E-state index is 0. The number of hydrogen-bond donors (Lipinski definition) is 2. The molecule has 0 saturated carbocycles. The molecule has 1 aromatic heterocycles. The van der Waals surface area contributed by atoms with Crippen LogP contribution in [-0.2, 0) is 18.2 Å². The number of nitrogens with one attached hydrogen (secondary N) is 2.